The van der Waals surface area contributed by atoms with E-state index in [-0.39, 0.29) is 11.3 Å². The number of hydrogen-bond acceptors (Lipinski definition) is 3. The lowest BCUT2D eigenvalue weighted by Crippen LogP contribution is -2.22. The molecule has 0 radical (unpaired) electrons. The van der Waals surface area contributed by atoms with Gasteiger partial charge in [-0.05, 0) is 13.0 Å². The van der Waals surface area contributed by atoms with E-state index in [1.165, 1.54) is 0 Å². The molecule has 2 aromatic heterocycles. The van der Waals surface area contributed by atoms with Gasteiger partial charge in [0.05, 0.1) is 5.69 Å². The summed E-state index contributed by atoms with van der Waals surface area (Å²) in [6, 6.07) is 10.9. The zero-order valence-corrected chi connectivity index (χ0v) is 11.7. The highest BCUT2D eigenvalue weighted by atomic mass is 16.1. The van der Waals surface area contributed by atoms with E-state index in [9.17, 15) is 9.59 Å². The molecule has 3 rings (SSSR count). The summed E-state index contributed by atoms with van der Waals surface area (Å²) in [4.78, 5) is 24.3. The molecule has 21 heavy (non-hydrogen) atoms. The van der Waals surface area contributed by atoms with E-state index in [2.05, 4.69) is 5.10 Å². The van der Waals surface area contributed by atoms with Gasteiger partial charge >= 0.3 is 0 Å². The summed E-state index contributed by atoms with van der Waals surface area (Å²) in [6.45, 7) is 2.21. The number of hydrogen-bond donors (Lipinski definition) is 0. The van der Waals surface area contributed by atoms with Crippen LogP contribution in [0.4, 0.5) is 0 Å². The predicted molar refractivity (Wildman–Crippen MR) is 79.6 cm³/mol. The highest BCUT2D eigenvalue weighted by Crippen LogP contribution is 2.05. The van der Waals surface area contributed by atoms with E-state index in [1.807, 2.05) is 25.1 Å². The van der Waals surface area contributed by atoms with Crippen LogP contribution in [-0.4, -0.2) is 20.0 Å². The van der Waals surface area contributed by atoms with Crippen LogP contribution >= 0.6 is 0 Å². The molecule has 0 bridgehead atoms. The van der Waals surface area contributed by atoms with E-state index in [1.54, 1.807) is 39.7 Å². The van der Waals surface area contributed by atoms with E-state index in [0.29, 0.717) is 24.0 Å². The van der Waals surface area contributed by atoms with Crippen molar-refractivity contribution in [1.82, 2.24) is 14.2 Å². The third-order valence-corrected chi connectivity index (χ3v) is 3.40. The Kier molecular flexibility index (Phi) is 3.39. The van der Waals surface area contributed by atoms with Crippen LogP contribution in [0, 0.1) is 6.92 Å². The monoisotopic (exact) mass is 281 g/mol. The van der Waals surface area contributed by atoms with Crippen molar-refractivity contribution in [2.24, 2.45) is 0 Å². The predicted octanol–water partition coefficient (Wildman–Crippen LogP) is 2.08. The number of aryl methyl sites for hydroxylation is 2. The highest BCUT2D eigenvalue weighted by molar-refractivity contribution is 5.95. The molecular formula is C16H15N3O2. The highest BCUT2D eigenvalue weighted by Gasteiger charge is 2.08. The van der Waals surface area contributed by atoms with Crippen LogP contribution in [0.15, 0.2) is 53.6 Å². The molecule has 0 atom stereocenters. The van der Waals surface area contributed by atoms with Crippen molar-refractivity contribution >= 4 is 11.3 Å². The lowest BCUT2D eigenvalue weighted by molar-refractivity contribution is 0.0976. The van der Waals surface area contributed by atoms with Gasteiger partial charge in [-0.15, -0.1) is 0 Å². The molecular weight excluding hydrogens is 266 g/mol. The van der Waals surface area contributed by atoms with Gasteiger partial charge in [0.15, 0.2) is 5.78 Å². The molecule has 0 unspecified atom stereocenters. The fourth-order valence-electron chi connectivity index (χ4n) is 2.31. The smallest absolute Gasteiger partial charge is 0.276 e. The molecule has 0 N–H and O–H groups in total. The molecule has 1 aromatic carbocycles. The van der Waals surface area contributed by atoms with Gasteiger partial charge in [0, 0.05) is 30.9 Å². The summed E-state index contributed by atoms with van der Waals surface area (Å²) in [6.07, 6.45) is 3.70. The minimum atomic E-state index is -0.126. The van der Waals surface area contributed by atoms with Gasteiger partial charge in [-0.3, -0.25) is 9.59 Å². The Balaban J connectivity index is 1.81. The fraction of sp³-hybridized carbons (Fsp3) is 0.188. The van der Waals surface area contributed by atoms with Crippen molar-refractivity contribution in [2.45, 2.75) is 19.9 Å². The van der Waals surface area contributed by atoms with Crippen molar-refractivity contribution in [1.29, 1.82) is 0 Å². The van der Waals surface area contributed by atoms with Crippen LogP contribution in [-0.2, 0) is 6.54 Å². The molecule has 0 spiro atoms. The van der Waals surface area contributed by atoms with Crippen LogP contribution in [0.3, 0.4) is 0 Å². The Morgan fingerprint density at radius 2 is 1.95 bits per heavy atom. The number of nitrogens with zero attached hydrogens (tertiary/aromatic N) is 3. The number of ketones is 1. The molecule has 0 aliphatic rings. The second-order valence-electron chi connectivity index (χ2n) is 4.95. The average Bonchev–Trinajstić information content (AvgIpc) is 2.89. The van der Waals surface area contributed by atoms with Crippen molar-refractivity contribution in [3.63, 3.8) is 0 Å². The van der Waals surface area contributed by atoms with Crippen molar-refractivity contribution < 1.29 is 4.79 Å². The standard InChI is InChI=1S/C16H15N3O2/c1-12-11-14-16(21)18(9-10-19(14)17-12)8-7-15(20)13-5-3-2-4-6-13/h2-6,9-11H,7-8H2,1H3. The topological polar surface area (TPSA) is 56.4 Å². The maximum Gasteiger partial charge on any atom is 0.276 e. The maximum atomic E-state index is 12.3. The van der Waals surface area contributed by atoms with Crippen LogP contribution in [0.5, 0.6) is 0 Å². The first kappa shape index (κ1) is 13.3. The van der Waals surface area contributed by atoms with Gasteiger partial charge in [-0.25, -0.2) is 4.52 Å². The number of carbonyl (C=O) groups is 1. The average molecular weight is 281 g/mol. The Bertz CT molecular complexity index is 847. The zero-order chi connectivity index (χ0) is 14.8. The van der Waals surface area contributed by atoms with Crippen molar-refractivity contribution in [3.05, 3.63) is 70.4 Å². The van der Waals surface area contributed by atoms with Gasteiger partial charge in [-0.2, -0.15) is 5.10 Å². The number of rotatable bonds is 4. The molecule has 2 heterocycles. The summed E-state index contributed by atoms with van der Waals surface area (Å²) >= 11 is 0. The quantitative estimate of drug-likeness (QED) is 0.688. The van der Waals surface area contributed by atoms with E-state index < -0.39 is 0 Å². The lowest BCUT2D eigenvalue weighted by Gasteiger charge is -2.05. The first-order chi connectivity index (χ1) is 10.1. The van der Waals surface area contributed by atoms with E-state index in [4.69, 9.17) is 0 Å². The van der Waals surface area contributed by atoms with Crippen molar-refractivity contribution in [2.75, 3.05) is 0 Å². The zero-order valence-electron chi connectivity index (χ0n) is 11.7. The van der Waals surface area contributed by atoms with Gasteiger partial charge in [-0.1, -0.05) is 30.3 Å². The molecule has 0 fully saturated rings. The van der Waals surface area contributed by atoms with Crippen LogP contribution in [0.2, 0.25) is 0 Å². The molecule has 0 aliphatic heterocycles. The molecule has 5 heteroatoms. The second kappa shape index (κ2) is 5.36. The minimum Gasteiger partial charge on any atom is -0.312 e. The molecule has 3 aromatic rings. The third-order valence-electron chi connectivity index (χ3n) is 3.40. The number of aromatic nitrogens is 3. The first-order valence-electron chi connectivity index (χ1n) is 6.79. The third kappa shape index (κ3) is 2.63. The summed E-state index contributed by atoms with van der Waals surface area (Å²) < 4.78 is 3.12. The molecule has 5 nitrogen and oxygen atoms in total. The van der Waals surface area contributed by atoms with Gasteiger partial charge in [0.2, 0.25) is 0 Å². The van der Waals surface area contributed by atoms with Gasteiger partial charge < -0.3 is 4.57 Å². The Labute approximate surface area is 121 Å². The number of Topliss-reactive ketones (excluding diaryl/α,β-unsaturated/α-hetero) is 1. The van der Waals surface area contributed by atoms with Crippen LogP contribution in [0.1, 0.15) is 22.5 Å². The molecule has 106 valence electrons. The van der Waals surface area contributed by atoms with Crippen LogP contribution in [0.25, 0.3) is 5.52 Å². The summed E-state index contributed by atoms with van der Waals surface area (Å²) in [5.74, 6) is 0.0343. The largest absolute Gasteiger partial charge is 0.312 e. The SMILES string of the molecule is Cc1cc2c(=O)n(CCC(=O)c3ccccc3)ccn2n1. The fourth-order valence-corrected chi connectivity index (χ4v) is 2.31. The number of benzene rings is 1. The first-order valence-corrected chi connectivity index (χ1v) is 6.79. The number of carbonyl (C=O) groups excluding carboxylic acids is 1. The number of fused-ring (bicyclic) bond motifs is 1. The second-order valence-corrected chi connectivity index (χ2v) is 4.95. The Hall–Kier alpha value is -2.69. The lowest BCUT2D eigenvalue weighted by atomic mass is 10.1. The summed E-state index contributed by atoms with van der Waals surface area (Å²) in [7, 11) is 0. The Morgan fingerprint density at radius 3 is 2.71 bits per heavy atom. The van der Waals surface area contributed by atoms with Gasteiger partial charge in [0.1, 0.15) is 5.52 Å². The van der Waals surface area contributed by atoms with Crippen LogP contribution < -0.4 is 5.56 Å². The summed E-state index contributed by atoms with van der Waals surface area (Å²) in [5.41, 5.74) is 1.87. The van der Waals surface area contributed by atoms with Gasteiger partial charge in [0.25, 0.3) is 5.56 Å². The molecule has 0 amide bonds. The Morgan fingerprint density at radius 1 is 1.19 bits per heavy atom. The minimum absolute atomic E-state index is 0.0343. The summed E-state index contributed by atoms with van der Waals surface area (Å²) in [5, 5.41) is 4.19. The van der Waals surface area contributed by atoms with E-state index in [0.717, 1.165) is 5.69 Å². The maximum absolute atomic E-state index is 12.3. The van der Waals surface area contributed by atoms with Crippen molar-refractivity contribution in [3.8, 4) is 0 Å². The molecule has 0 saturated carbocycles. The molecule has 0 saturated heterocycles. The van der Waals surface area contributed by atoms with E-state index >= 15 is 0 Å². The normalized spacial score (nSPS) is 10.9. The molecule has 0 aliphatic carbocycles.